The Morgan fingerprint density at radius 3 is 1.56 bits per heavy atom. The van der Waals surface area contributed by atoms with Gasteiger partial charge in [-0.1, -0.05) is 54.6 Å². The molecule has 0 amide bonds. The summed E-state index contributed by atoms with van der Waals surface area (Å²) in [6.45, 7) is 0. The second-order valence-electron chi connectivity index (χ2n) is 7.50. The van der Waals surface area contributed by atoms with Crippen LogP contribution >= 0.6 is 11.8 Å². The summed E-state index contributed by atoms with van der Waals surface area (Å²) in [5.41, 5.74) is 6.15. The van der Waals surface area contributed by atoms with E-state index in [-0.39, 0.29) is 0 Å². The van der Waals surface area contributed by atoms with Crippen molar-refractivity contribution in [2.24, 2.45) is 0 Å². The smallest absolute Gasteiger partial charge is 0.136 e. The van der Waals surface area contributed by atoms with Crippen LogP contribution in [0, 0.1) is 11.3 Å². The molecule has 5 heteroatoms. The zero-order valence-corrected chi connectivity index (χ0v) is 20.4. The molecule has 0 fully saturated rings. The van der Waals surface area contributed by atoms with E-state index in [1.54, 1.807) is 33.1 Å². The van der Waals surface area contributed by atoms with E-state index < -0.39 is 0 Å². The van der Waals surface area contributed by atoms with Gasteiger partial charge in [0.05, 0.1) is 26.9 Å². The van der Waals surface area contributed by atoms with Crippen molar-refractivity contribution < 1.29 is 14.2 Å². The fourth-order valence-electron chi connectivity index (χ4n) is 4.17. The van der Waals surface area contributed by atoms with Gasteiger partial charge in [-0.25, -0.2) is 0 Å². The highest BCUT2D eigenvalue weighted by atomic mass is 32.2. The van der Waals surface area contributed by atoms with E-state index in [0.29, 0.717) is 11.3 Å². The maximum atomic E-state index is 10.3. The number of ether oxygens (including phenoxy) is 3. The zero-order chi connectivity index (χ0) is 24.1. The summed E-state index contributed by atoms with van der Waals surface area (Å²) in [7, 11) is 4.96. The van der Waals surface area contributed by atoms with Crippen LogP contribution in [0.4, 0.5) is 0 Å². The Balaban J connectivity index is 2.17. The second kappa shape index (κ2) is 10.4. The normalized spacial score (nSPS) is 10.4. The third-order valence-electron chi connectivity index (χ3n) is 5.75. The summed E-state index contributed by atoms with van der Waals surface area (Å²) in [5, 5.41) is 10.3. The summed E-state index contributed by atoms with van der Waals surface area (Å²) >= 11 is 1.56. The molecule has 0 unspecified atom stereocenters. The Morgan fingerprint density at radius 1 is 0.618 bits per heavy atom. The molecule has 0 heterocycles. The monoisotopic (exact) mass is 467 g/mol. The number of nitriles is 1. The zero-order valence-electron chi connectivity index (χ0n) is 19.6. The van der Waals surface area contributed by atoms with Gasteiger partial charge in [-0.15, -0.1) is 11.8 Å². The van der Waals surface area contributed by atoms with E-state index in [9.17, 15) is 5.26 Å². The first-order valence-corrected chi connectivity index (χ1v) is 12.0. The Bertz CT molecular complexity index is 1330. The molecule has 0 radical (unpaired) electrons. The van der Waals surface area contributed by atoms with Gasteiger partial charge in [-0.3, -0.25) is 0 Å². The topological polar surface area (TPSA) is 51.5 Å². The fraction of sp³-hybridized carbons (Fsp3) is 0.138. The lowest BCUT2D eigenvalue weighted by Crippen LogP contribution is -2.01. The minimum absolute atomic E-state index is 0.596. The van der Waals surface area contributed by atoms with Gasteiger partial charge in [0, 0.05) is 21.6 Å². The van der Waals surface area contributed by atoms with Crippen molar-refractivity contribution >= 4 is 11.8 Å². The lowest BCUT2D eigenvalue weighted by atomic mass is 9.86. The Hall–Kier alpha value is -3.88. The maximum absolute atomic E-state index is 10.3. The number of nitrogens with zero attached hydrogens (tertiary/aromatic N) is 1. The van der Waals surface area contributed by atoms with E-state index in [4.69, 9.17) is 14.2 Å². The molecule has 0 saturated heterocycles. The second-order valence-corrected chi connectivity index (χ2v) is 8.32. The van der Waals surface area contributed by atoms with Gasteiger partial charge >= 0.3 is 0 Å². The predicted molar refractivity (Wildman–Crippen MR) is 139 cm³/mol. The molecule has 0 aliphatic heterocycles. The van der Waals surface area contributed by atoms with Crippen molar-refractivity contribution in [1.29, 1.82) is 5.26 Å². The van der Waals surface area contributed by atoms with Crippen molar-refractivity contribution in [2.45, 2.75) is 4.90 Å². The van der Waals surface area contributed by atoms with Crippen LogP contribution in [0.1, 0.15) is 5.56 Å². The van der Waals surface area contributed by atoms with Crippen molar-refractivity contribution in [2.75, 3.05) is 27.6 Å². The number of hydrogen-bond donors (Lipinski definition) is 0. The molecule has 4 aromatic carbocycles. The molecule has 0 aliphatic carbocycles. The molecule has 4 nitrogen and oxygen atoms in total. The van der Waals surface area contributed by atoms with Gasteiger partial charge in [-0.2, -0.15) is 5.26 Å². The number of methoxy groups -OCH3 is 3. The van der Waals surface area contributed by atoms with Gasteiger partial charge < -0.3 is 14.2 Å². The summed E-state index contributed by atoms with van der Waals surface area (Å²) in [6, 6.07) is 28.2. The molecule has 4 aromatic rings. The largest absolute Gasteiger partial charge is 0.497 e. The third-order valence-corrected chi connectivity index (χ3v) is 6.56. The number of rotatable bonds is 7. The summed E-state index contributed by atoms with van der Waals surface area (Å²) < 4.78 is 16.8. The fourth-order valence-corrected chi connectivity index (χ4v) is 4.94. The standard InChI is InChI=1S/C29H25NO3S/c1-31-22-14-10-20(11-15-22)26-27(21-12-16-23(32-2)17-13-21)29(34-4)24(18-30)25(28(26)33-3)19-8-6-5-7-9-19/h5-17H,1-4H3. The van der Waals surface area contributed by atoms with Gasteiger partial charge in [0.25, 0.3) is 0 Å². The van der Waals surface area contributed by atoms with E-state index in [2.05, 4.69) is 6.07 Å². The van der Waals surface area contributed by atoms with Crippen molar-refractivity contribution in [3.63, 3.8) is 0 Å². The third kappa shape index (κ3) is 4.21. The lowest BCUT2D eigenvalue weighted by molar-refractivity contribution is 0.414. The first-order chi connectivity index (χ1) is 16.7. The molecule has 0 aliphatic rings. The number of thioether (sulfide) groups is 1. The van der Waals surface area contributed by atoms with Crippen molar-refractivity contribution in [1.82, 2.24) is 0 Å². The first-order valence-electron chi connectivity index (χ1n) is 10.7. The Labute approximate surface area is 204 Å². The van der Waals surface area contributed by atoms with Crippen molar-refractivity contribution in [3.8, 4) is 56.7 Å². The lowest BCUT2D eigenvalue weighted by Gasteiger charge is -2.23. The maximum Gasteiger partial charge on any atom is 0.136 e. The van der Waals surface area contributed by atoms with E-state index >= 15 is 0 Å². The van der Waals surface area contributed by atoms with Crippen molar-refractivity contribution in [3.05, 3.63) is 84.4 Å². The molecule has 0 saturated carbocycles. The van der Waals surface area contributed by atoms with Crippen LogP contribution in [-0.2, 0) is 0 Å². The SMILES string of the molecule is COc1ccc(-c2c(OC)c(-c3ccccc3)c(C#N)c(SC)c2-c2ccc(OC)cc2)cc1. The first kappa shape index (κ1) is 23.3. The predicted octanol–water partition coefficient (Wildman–Crippen LogP) is 7.31. The molecular formula is C29H25NO3S. The summed E-state index contributed by atoms with van der Waals surface area (Å²) in [4.78, 5) is 0.901. The summed E-state index contributed by atoms with van der Waals surface area (Å²) in [5.74, 6) is 2.21. The quantitative estimate of drug-likeness (QED) is 0.267. The molecule has 0 spiro atoms. The van der Waals surface area contributed by atoms with Crippen LogP contribution < -0.4 is 14.2 Å². The van der Waals surface area contributed by atoms with Crippen LogP contribution in [0.5, 0.6) is 17.2 Å². The van der Waals surface area contributed by atoms with Crippen LogP contribution in [-0.4, -0.2) is 27.6 Å². The van der Waals surface area contributed by atoms with E-state index in [1.807, 2.05) is 85.1 Å². The van der Waals surface area contributed by atoms with E-state index in [0.717, 1.165) is 49.8 Å². The van der Waals surface area contributed by atoms with Crippen LogP contribution in [0.15, 0.2) is 83.8 Å². The van der Waals surface area contributed by atoms with Crippen LogP contribution in [0.2, 0.25) is 0 Å². The molecule has 0 bridgehead atoms. The molecule has 0 N–H and O–H groups in total. The minimum atomic E-state index is 0.596. The van der Waals surface area contributed by atoms with Gasteiger partial charge in [0.15, 0.2) is 0 Å². The average Bonchev–Trinajstić information content (AvgIpc) is 2.91. The van der Waals surface area contributed by atoms with Gasteiger partial charge in [-0.05, 0) is 47.2 Å². The molecule has 170 valence electrons. The summed E-state index contributed by atoms with van der Waals surface area (Å²) in [6.07, 6.45) is 2.00. The Kier molecular flexibility index (Phi) is 7.10. The van der Waals surface area contributed by atoms with Crippen LogP contribution in [0.3, 0.4) is 0 Å². The molecular weight excluding hydrogens is 442 g/mol. The highest BCUT2D eigenvalue weighted by Gasteiger charge is 2.27. The molecule has 0 atom stereocenters. The Morgan fingerprint density at radius 2 is 1.12 bits per heavy atom. The number of hydrogen-bond acceptors (Lipinski definition) is 5. The minimum Gasteiger partial charge on any atom is -0.497 e. The average molecular weight is 468 g/mol. The molecule has 4 rings (SSSR count). The highest BCUT2D eigenvalue weighted by molar-refractivity contribution is 7.98. The van der Waals surface area contributed by atoms with Gasteiger partial charge in [0.1, 0.15) is 23.3 Å². The number of benzene rings is 4. The van der Waals surface area contributed by atoms with Gasteiger partial charge in [0.2, 0.25) is 0 Å². The molecule has 34 heavy (non-hydrogen) atoms. The van der Waals surface area contributed by atoms with E-state index in [1.165, 1.54) is 0 Å². The van der Waals surface area contributed by atoms with Crippen LogP contribution in [0.25, 0.3) is 33.4 Å². The highest BCUT2D eigenvalue weighted by Crippen LogP contribution is 2.52. The molecule has 0 aromatic heterocycles.